The molecular formula is C16H26N2OS. The first-order chi connectivity index (χ1) is 9.69. The molecule has 3 nitrogen and oxygen atoms in total. The number of amides is 1. The Morgan fingerprint density at radius 1 is 1.35 bits per heavy atom. The van der Waals surface area contributed by atoms with Gasteiger partial charge in [-0.05, 0) is 30.9 Å². The predicted octanol–water partition coefficient (Wildman–Crippen LogP) is 3.22. The third kappa shape index (κ3) is 4.60. The minimum absolute atomic E-state index is 0.00187. The van der Waals surface area contributed by atoms with Gasteiger partial charge in [0.15, 0.2) is 0 Å². The van der Waals surface area contributed by atoms with E-state index in [4.69, 9.17) is 5.73 Å². The van der Waals surface area contributed by atoms with Crippen LogP contribution in [-0.4, -0.2) is 11.9 Å². The van der Waals surface area contributed by atoms with Crippen LogP contribution in [-0.2, 0) is 17.8 Å². The standard InChI is InChI=1S/C16H26N2OS/c1-2-13-8-9-14(20-13)11-18-16(19)15(17)10-12-6-4-3-5-7-12/h8-9,12,15H,2-7,10-11,17H2,1H3,(H,18,19). The van der Waals surface area contributed by atoms with Gasteiger partial charge in [-0.3, -0.25) is 4.79 Å². The first kappa shape index (κ1) is 15.5. The van der Waals surface area contributed by atoms with Crippen molar-refractivity contribution in [1.82, 2.24) is 5.32 Å². The largest absolute Gasteiger partial charge is 0.350 e. The lowest BCUT2D eigenvalue weighted by molar-refractivity contribution is -0.122. The molecule has 1 unspecified atom stereocenters. The molecule has 4 heteroatoms. The summed E-state index contributed by atoms with van der Waals surface area (Å²) < 4.78 is 0. The molecule has 2 rings (SSSR count). The Labute approximate surface area is 125 Å². The van der Waals surface area contributed by atoms with Crippen molar-refractivity contribution >= 4 is 17.2 Å². The number of nitrogens with one attached hydrogen (secondary N) is 1. The van der Waals surface area contributed by atoms with Crippen LogP contribution in [0.2, 0.25) is 0 Å². The number of rotatable bonds is 6. The van der Waals surface area contributed by atoms with Crippen LogP contribution in [0.3, 0.4) is 0 Å². The molecule has 1 amide bonds. The van der Waals surface area contributed by atoms with Crippen LogP contribution in [0.5, 0.6) is 0 Å². The average Bonchev–Trinajstić information content (AvgIpc) is 2.93. The number of hydrogen-bond acceptors (Lipinski definition) is 3. The monoisotopic (exact) mass is 294 g/mol. The maximum Gasteiger partial charge on any atom is 0.237 e. The predicted molar refractivity (Wildman–Crippen MR) is 84.7 cm³/mol. The molecule has 1 fully saturated rings. The second-order valence-electron chi connectivity index (χ2n) is 5.79. The van der Waals surface area contributed by atoms with Gasteiger partial charge in [-0.25, -0.2) is 0 Å². The highest BCUT2D eigenvalue weighted by Crippen LogP contribution is 2.27. The van der Waals surface area contributed by atoms with Gasteiger partial charge in [0.25, 0.3) is 0 Å². The van der Waals surface area contributed by atoms with Crippen LogP contribution in [0, 0.1) is 5.92 Å². The van der Waals surface area contributed by atoms with Crippen LogP contribution in [0.25, 0.3) is 0 Å². The SMILES string of the molecule is CCc1ccc(CNC(=O)C(N)CC2CCCCC2)s1. The summed E-state index contributed by atoms with van der Waals surface area (Å²) in [5, 5.41) is 2.97. The van der Waals surface area contributed by atoms with Gasteiger partial charge in [0, 0.05) is 9.75 Å². The lowest BCUT2D eigenvalue weighted by Gasteiger charge is -2.24. The summed E-state index contributed by atoms with van der Waals surface area (Å²) in [4.78, 5) is 14.6. The molecule has 1 heterocycles. The molecule has 0 bridgehead atoms. The van der Waals surface area contributed by atoms with Gasteiger partial charge in [0.1, 0.15) is 0 Å². The van der Waals surface area contributed by atoms with Gasteiger partial charge in [0.2, 0.25) is 5.91 Å². The number of hydrogen-bond donors (Lipinski definition) is 2. The minimum Gasteiger partial charge on any atom is -0.350 e. The van der Waals surface area contributed by atoms with Crippen molar-refractivity contribution < 1.29 is 4.79 Å². The van der Waals surface area contributed by atoms with E-state index in [1.807, 2.05) is 0 Å². The van der Waals surface area contributed by atoms with E-state index in [0.717, 1.165) is 12.8 Å². The van der Waals surface area contributed by atoms with Gasteiger partial charge in [-0.15, -0.1) is 11.3 Å². The fourth-order valence-electron chi connectivity index (χ4n) is 2.90. The maximum atomic E-state index is 12.0. The Kier molecular flexibility index (Phi) is 6.05. The highest BCUT2D eigenvalue weighted by molar-refractivity contribution is 7.11. The number of nitrogens with two attached hydrogens (primary N) is 1. The van der Waals surface area contributed by atoms with Crippen molar-refractivity contribution in [3.05, 3.63) is 21.9 Å². The second-order valence-corrected chi connectivity index (χ2v) is 7.04. The van der Waals surface area contributed by atoms with E-state index < -0.39 is 0 Å². The van der Waals surface area contributed by atoms with Crippen molar-refractivity contribution in [3.8, 4) is 0 Å². The number of carbonyl (C=O) groups is 1. The lowest BCUT2D eigenvalue weighted by Crippen LogP contribution is -2.41. The van der Waals surface area contributed by atoms with Crippen LogP contribution < -0.4 is 11.1 Å². The Morgan fingerprint density at radius 3 is 2.70 bits per heavy atom. The summed E-state index contributed by atoms with van der Waals surface area (Å²) in [7, 11) is 0. The molecule has 1 saturated carbocycles. The maximum absolute atomic E-state index is 12.0. The van der Waals surface area contributed by atoms with Gasteiger partial charge >= 0.3 is 0 Å². The lowest BCUT2D eigenvalue weighted by atomic mass is 9.85. The number of thiophene rings is 1. The molecule has 0 radical (unpaired) electrons. The molecule has 0 spiro atoms. The van der Waals surface area contributed by atoms with Gasteiger partial charge in [-0.2, -0.15) is 0 Å². The zero-order valence-electron chi connectivity index (χ0n) is 12.4. The fourth-order valence-corrected chi connectivity index (χ4v) is 3.80. The number of aryl methyl sites for hydroxylation is 1. The number of carbonyl (C=O) groups excluding carboxylic acids is 1. The van der Waals surface area contributed by atoms with Crippen LogP contribution in [0.1, 0.15) is 55.2 Å². The molecule has 0 aliphatic heterocycles. The highest BCUT2D eigenvalue weighted by atomic mass is 32.1. The van der Waals surface area contributed by atoms with Crippen molar-refractivity contribution in [2.45, 2.75) is 64.5 Å². The van der Waals surface area contributed by atoms with Gasteiger partial charge in [-0.1, -0.05) is 39.0 Å². The summed E-state index contributed by atoms with van der Waals surface area (Å²) in [6.45, 7) is 2.76. The molecule has 0 saturated heterocycles. The van der Waals surface area contributed by atoms with Crippen LogP contribution in [0.15, 0.2) is 12.1 Å². The minimum atomic E-state index is -0.344. The van der Waals surface area contributed by atoms with E-state index in [-0.39, 0.29) is 11.9 Å². The Balaban J connectivity index is 1.72. The summed E-state index contributed by atoms with van der Waals surface area (Å²) in [6.07, 6.45) is 8.33. The van der Waals surface area contributed by atoms with Crippen molar-refractivity contribution in [1.29, 1.82) is 0 Å². The molecule has 1 atom stereocenters. The molecule has 1 aromatic rings. The summed E-state index contributed by atoms with van der Waals surface area (Å²) >= 11 is 1.77. The average molecular weight is 294 g/mol. The summed E-state index contributed by atoms with van der Waals surface area (Å²) in [5.41, 5.74) is 6.03. The van der Waals surface area contributed by atoms with Crippen LogP contribution in [0.4, 0.5) is 0 Å². The molecule has 20 heavy (non-hydrogen) atoms. The topological polar surface area (TPSA) is 55.1 Å². The van der Waals surface area contributed by atoms with E-state index in [1.165, 1.54) is 41.9 Å². The first-order valence-electron chi connectivity index (χ1n) is 7.80. The van der Waals surface area contributed by atoms with Gasteiger partial charge < -0.3 is 11.1 Å². The first-order valence-corrected chi connectivity index (χ1v) is 8.61. The van der Waals surface area contributed by atoms with E-state index in [9.17, 15) is 4.79 Å². The highest BCUT2D eigenvalue weighted by Gasteiger charge is 2.21. The normalized spacial score (nSPS) is 17.9. The zero-order valence-corrected chi connectivity index (χ0v) is 13.2. The Hall–Kier alpha value is -0.870. The molecule has 112 valence electrons. The van der Waals surface area contributed by atoms with E-state index in [0.29, 0.717) is 12.5 Å². The summed E-state index contributed by atoms with van der Waals surface area (Å²) in [5.74, 6) is 0.653. The van der Waals surface area contributed by atoms with E-state index in [1.54, 1.807) is 11.3 Å². The third-order valence-corrected chi connectivity index (χ3v) is 5.38. The van der Waals surface area contributed by atoms with Crippen LogP contribution >= 0.6 is 11.3 Å². The quantitative estimate of drug-likeness (QED) is 0.846. The smallest absolute Gasteiger partial charge is 0.237 e. The zero-order chi connectivity index (χ0) is 14.4. The van der Waals surface area contributed by atoms with E-state index >= 15 is 0 Å². The molecule has 3 N–H and O–H groups in total. The second kappa shape index (κ2) is 7.79. The molecule has 1 aliphatic carbocycles. The third-order valence-electron chi connectivity index (χ3n) is 4.15. The van der Waals surface area contributed by atoms with Crippen molar-refractivity contribution in [3.63, 3.8) is 0 Å². The van der Waals surface area contributed by atoms with Gasteiger partial charge in [0.05, 0.1) is 12.6 Å². The van der Waals surface area contributed by atoms with Crippen molar-refractivity contribution in [2.75, 3.05) is 0 Å². The Bertz CT molecular complexity index is 424. The molecule has 0 aromatic carbocycles. The fraction of sp³-hybridized carbons (Fsp3) is 0.688. The molecular weight excluding hydrogens is 268 g/mol. The molecule has 1 aromatic heterocycles. The summed E-state index contributed by atoms with van der Waals surface area (Å²) in [6, 6.07) is 3.88. The van der Waals surface area contributed by atoms with E-state index in [2.05, 4.69) is 24.4 Å². The Morgan fingerprint density at radius 2 is 2.05 bits per heavy atom. The van der Waals surface area contributed by atoms with Crippen molar-refractivity contribution in [2.24, 2.45) is 11.7 Å². The molecule has 1 aliphatic rings.